The third-order valence-electron chi connectivity index (χ3n) is 3.44. The second kappa shape index (κ2) is 4.35. The lowest BCUT2D eigenvalue weighted by molar-refractivity contribution is 0.464. The molecule has 2 unspecified atom stereocenters. The van der Waals surface area contributed by atoms with Gasteiger partial charge in [0.25, 0.3) is 0 Å². The van der Waals surface area contributed by atoms with E-state index in [9.17, 15) is 5.26 Å². The molecule has 0 aliphatic heterocycles. The summed E-state index contributed by atoms with van der Waals surface area (Å²) in [5, 5.41) is 13.4. The van der Waals surface area contributed by atoms with Crippen LogP contribution in [0.1, 0.15) is 26.2 Å². The highest BCUT2D eigenvalue weighted by molar-refractivity contribution is 6.30. The first-order valence-corrected chi connectivity index (χ1v) is 5.99. The zero-order chi connectivity index (χ0) is 11.6. The van der Waals surface area contributed by atoms with Crippen LogP contribution in [0.2, 0.25) is 5.02 Å². The molecule has 0 radical (unpaired) electrons. The zero-order valence-electron chi connectivity index (χ0n) is 9.33. The van der Waals surface area contributed by atoms with E-state index in [-0.39, 0.29) is 0 Å². The van der Waals surface area contributed by atoms with E-state index in [4.69, 9.17) is 11.6 Å². The van der Waals surface area contributed by atoms with Gasteiger partial charge in [-0.3, -0.25) is 0 Å². The van der Waals surface area contributed by atoms with Gasteiger partial charge in [-0.15, -0.1) is 0 Å². The minimum absolute atomic E-state index is 0.386. The molecule has 1 fully saturated rings. The maximum absolute atomic E-state index is 9.37. The van der Waals surface area contributed by atoms with Crippen LogP contribution in [0.25, 0.3) is 0 Å². The lowest BCUT2D eigenvalue weighted by atomic mass is 9.89. The molecule has 2 rings (SSSR count). The normalized spacial score (nSPS) is 28.7. The smallest absolute Gasteiger partial charge is 0.127 e. The molecule has 2 atom stereocenters. The molecule has 0 saturated heterocycles. The number of hydrogen-bond acceptors (Lipinski definition) is 2. The highest BCUT2D eigenvalue weighted by Gasteiger charge is 2.40. The summed E-state index contributed by atoms with van der Waals surface area (Å²) in [5.41, 5.74) is 0.521. The summed E-state index contributed by atoms with van der Waals surface area (Å²) in [7, 11) is 0. The van der Waals surface area contributed by atoms with E-state index < -0.39 is 5.54 Å². The van der Waals surface area contributed by atoms with Gasteiger partial charge in [-0.1, -0.05) is 24.6 Å². The summed E-state index contributed by atoms with van der Waals surface area (Å²) in [6, 6.07) is 10.00. The molecule has 1 saturated carbocycles. The number of halogens is 1. The van der Waals surface area contributed by atoms with Crippen LogP contribution in [-0.2, 0) is 0 Å². The fourth-order valence-corrected chi connectivity index (χ4v) is 2.57. The number of rotatable bonds is 2. The minimum Gasteiger partial charge on any atom is -0.367 e. The van der Waals surface area contributed by atoms with Crippen molar-refractivity contribution in [2.75, 3.05) is 5.32 Å². The molecule has 0 bridgehead atoms. The van der Waals surface area contributed by atoms with Gasteiger partial charge >= 0.3 is 0 Å². The predicted octanol–water partition coefficient (Wildman–Crippen LogP) is 3.83. The van der Waals surface area contributed by atoms with Crippen LogP contribution < -0.4 is 5.32 Å². The van der Waals surface area contributed by atoms with Crippen molar-refractivity contribution in [2.45, 2.75) is 31.7 Å². The molecule has 0 heterocycles. The van der Waals surface area contributed by atoms with E-state index in [2.05, 4.69) is 18.3 Å². The molecule has 0 amide bonds. The van der Waals surface area contributed by atoms with Crippen molar-refractivity contribution in [3.63, 3.8) is 0 Å². The van der Waals surface area contributed by atoms with Crippen molar-refractivity contribution in [2.24, 2.45) is 5.92 Å². The van der Waals surface area contributed by atoms with Crippen molar-refractivity contribution in [1.82, 2.24) is 0 Å². The topological polar surface area (TPSA) is 35.8 Å². The highest BCUT2D eigenvalue weighted by Crippen LogP contribution is 2.37. The summed E-state index contributed by atoms with van der Waals surface area (Å²) >= 11 is 5.93. The quantitative estimate of drug-likeness (QED) is 0.844. The van der Waals surface area contributed by atoms with Gasteiger partial charge in [-0.2, -0.15) is 5.26 Å². The fourth-order valence-electron chi connectivity index (χ4n) is 2.38. The van der Waals surface area contributed by atoms with E-state index in [0.717, 1.165) is 24.9 Å². The van der Waals surface area contributed by atoms with Crippen molar-refractivity contribution in [1.29, 1.82) is 5.26 Å². The average molecular weight is 235 g/mol. The van der Waals surface area contributed by atoms with Crippen LogP contribution in [0.5, 0.6) is 0 Å². The molecule has 1 aromatic rings. The van der Waals surface area contributed by atoms with Crippen molar-refractivity contribution < 1.29 is 0 Å². The lowest BCUT2D eigenvalue weighted by Crippen LogP contribution is -2.39. The summed E-state index contributed by atoms with van der Waals surface area (Å²) in [4.78, 5) is 0. The Bertz CT molecular complexity index is 424. The van der Waals surface area contributed by atoms with Crippen LogP contribution in [-0.4, -0.2) is 5.54 Å². The Hall–Kier alpha value is -1.20. The number of nitriles is 1. The molecule has 1 aliphatic carbocycles. The van der Waals surface area contributed by atoms with E-state index in [1.807, 2.05) is 24.3 Å². The summed E-state index contributed by atoms with van der Waals surface area (Å²) in [6.07, 6.45) is 3.14. The van der Waals surface area contributed by atoms with Crippen LogP contribution in [0, 0.1) is 17.2 Å². The highest BCUT2D eigenvalue weighted by atomic mass is 35.5. The minimum atomic E-state index is -0.412. The first-order chi connectivity index (χ1) is 7.66. The maximum Gasteiger partial charge on any atom is 0.127 e. The molecular formula is C13H15ClN2. The summed E-state index contributed by atoms with van der Waals surface area (Å²) in [5.74, 6) is 0.386. The largest absolute Gasteiger partial charge is 0.367 e. The standard InChI is InChI=1S/C13H15ClN2/c1-10-4-3-7-13(10,9-15)16-12-6-2-5-11(14)8-12/h2,5-6,8,10,16H,3-4,7H2,1H3. The third-order valence-corrected chi connectivity index (χ3v) is 3.68. The molecule has 1 aromatic carbocycles. The molecule has 3 heteroatoms. The van der Waals surface area contributed by atoms with E-state index in [0.29, 0.717) is 10.9 Å². The van der Waals surface area contributed by atoms with Crippen LogP contribution in [0.3, 0.4) is 0 Å². The summed E-state index contributed by atoms with van der Waals surface area (Å²) in [6.45, 7) is 2.13. The second-order valence-electron chi connectivity index (χ2n) is 4.51. The molecule has 84 valence electrons. The Labute approximate surface area is 101 Å². The molecule has 2 nitrogen and oxygen atoms in total. The second-order valence-corrected chi connectivity index (χ2v) is 4.95. The zero-order valence-corrected chi connectivity index (χ0v) is 10.1. The van der Waals surface area contributed by atoms with Gasteiger partial charge in [0.15, 0.2) is 0 Å². The third kappa shape index (κ3) is 2.01. The number of benzene rings is 1. The predicted molar refractivity (Wildman–Crippen MR) is 66.4 cm³/mol. The maximum atomic E-state index is 9.37. The van der Waals surface area contributed by atoms with Gasteiger partial charge in [-0.05, 0) is 43.4 Å². The number of anilines is 1. The van der Waals surface area contributed by atoms with E-state index >= 15 is 0 Å². The van der Waals surface area contributed by atoms with Crippen molar-refractivity contribution in [3.05, 3.63) is 29.3 Å². The monoisotopic (exact) mass is 234 g/mol. The molecule has 16 heavy (non-hydrogen) atoms. The van der Waals surface area contributed by atoms with Gasteiger partial charge in [0, 0.05) is 10.7 Å². The van der Waals surface area contributed by atoms with Crippen LogP contribution in [0.4, 0.5) is 5.69 Å². The lowest BCUT2D eigenvalue weighted by Gasteiger charge is -2.28. The molecule has 0 spiro atoms. The Balaban J connectivity index is 2.23. The first-order valence-electron chi connectivity index (χ1n) is 5.61. The van der Waals surface area contributed by atoms with Crippen molar-refractivity contribution >= 4 is 17.3 Å². The Morgan fingerprint density at radius 1 is 1.56 bits per heavy atom. The van der Waals surface area contributed by atoms with Gasteiger partial charge in [0.05, 0.1) is 6.07 Å². The van der Waals surface area contributed by atoms with Gasteiger partial charge in [-0.25, -0.2) is 0 Å². The summed E-state index contributed by atoms with van der Waals surface area (Å²) < 4.78 is 0. The molecule has 1 N–H and O–H groups in total. The average Bonchev–Trinajstić information content (AvgIpc) is 2.61. The molecule has 1 aliphatic rings. The Morgan fingerprint density at radius 3 is 2.94 bits per heavy atom. The Morgan fingerprint density at radius 2 is 2.38 bits per heavy atom. The number of nitrogens with one attached hydrogen (secondary N) is 1. The van der Waals surface area contributed by atoms with Crippen LogP contribution in [0.15, 0.2) is 24.3 Å². The van der Waals surface area contributed by atoms with E-state index in [1.165, 1.54) is 0 Å². The van der Waals surface area contributed by atoms with E-state index in [1.54, 1.807) is 0 Å². The molecular weight excluding hydrogens is 220 g/mol. The van der Waals surface area contributed by atoms with Gasteiger partial charge in [0.1, 0.15) is 5.54 Å². The van der Waals surface area contributed by atoms with Crippen LogP contribution >= 0.6 is 11.6 Å². The first kappa shape index (κ1) is 11.3. The molecule has 0 aromatic heterocycles. The SMILES string of the molecule is CC1CCCC1(C#N)Nc1cccc(Cl)c1. The fraction of sp³-hybridized carbons (Fsp3) is 0.462. The number of hydrogen-bond donors (Lipinski definition) is 1. The van der Waals surface area contributed by atoms with Gasteiger partial charge < -0.3 is 5.32 Å². The van der Waals surface area contributed by atoms with Crippen molar-refractivity contribution in [3.8, 4) is 6.07 Å². The van der Waals surface area contributed by atoms with Gasteiger partial charge in [0.2, 0.25) is 0 Å². The number of nitrogens with zero attached hydrogens (tertiary/aromatic N) is 1. The Kier molecular flexibility index (Phi) is 3.07.